The molecule has 1 saturated carbocycles. The molecule has 6 nitrogen and oxygen atoms in total. The fourth-order valence-corrected chi connectivity index (χ4v) is 6.50. The summed E-state index contributed by atoms with van der Waals surface area (Å²) in [4.78, 5) is 17.9. The average Bonchev–Trinajstić information content (AvgIpc) is 3.79. The Morgan fingerprint density at radius 2 is 1.59 bits per heavy atom. The normalized spacial score (nSPS) is 20.3. The van der Waals surface area contributed by atoms with Gasteiger partial charge < -0.3 is 24.6 Å². The van der Waals surface area contributed by atoms with Gasteiger partial charge in [-0.1, -0.05) is 78.9 Å². The predicted molar refractivity (Wildman–Crippen MR) is 162 cm³/mol. The third-order valence-electron chi connectivity index (χ3n) is 9.02. The number of amides is 1. The van der Waals surface area contributed by atoms with Crippen LogP contribution < -0.4 is 10.1 Å². The van der Waals surface area contributed by atoms with Crippen molar-refractivity contribution >= 4 is 5.91 Å². The van der Waals surface area contributed by atoms with Crippen molar-refractivity contribution in [3.05, 3.63) is 102 Å². The van der Waals surface area contributed by atoms with Crippen LogP contribution in [0, 0.1) is 0 Å². The molecule has 3 aliphatic rings. The molecule has 2 aliphatic heterocycles. The largest absolute Gasteiger partial charge is 0.485 e. The van der Waals surface area contributed by atoms with Gasteiger partial charge in [-0.2, -0.15) is 0 Å². The van der Waals surface area contributed by atoms with Gasteiger partial charge in [-0.25, -0.2) is 0 Å². The molecule has 1 amide bonds. The molecule has 3 aromatic rings. The summed E-state index contributed by atoms with van der Waals surface area (Å²) in [5, 5.41) is 3.27. The zero-order valence-electron chi connectivity index (χ0n) is 24.3. The SMILES string of the molecule is CNCCC(Oc1ccccc1CCN1CCC2(CC1)CN(Cc1ccccc1)C(=O)C1(CC1)O2)c1ccccc1. The maximum atomic E-state index is 13.3. The molecule has 6 heteroatoms. The van der Waals surface area contributed by atoms with E-state index in [1.807, 2.05) is 13.1 Å². The fourth-order valence-electron chi connectivity index (χ4n) is 6.50. The van der Waals surface area contributed by atoms with E-state index in [0.717, 1.165) is 70.5 Å². The van der Waals surface area contributed by atoms with Crippen LogP contribution in [-0.4, -0.2) is 66.7 Å². The van der Waals surface area contributed by atoms with Crippen LogP contribution in [0.25, 0.3) is 0 Å². The first kappa shape index (κ1) is 28.0. The van der Waals surface area contributed by atoms with E-state index in [4.69, 9.17) is 9.47 Å². The van der Waals surface area contributed by atoms with Gasteiger partial charge in [-0.15, -0.1) is 0 Å². The number of nitrogens with one attached hydrogen (secondary N) is 1. The predicted octanol–water partition coefficient (Wildman–Crippen LogP) is 5.38. The smallest absolute Gasteiger partial charge is 0.255 e. The van der Waals surface area contributed by atoms with E-state index in [-0.39, 0.29) is 17.6 Å². The lowest BCUT2D eigenvalue weighted by Gasteiger charge is -2.50. The zero-order chi connectivity index (χ0) is 28.1. The van der Waals surface area contributed by atoms with Crippen molar-refractivity contribution in [3.63, 3.8) is 0 Å². The van der Waals surface area contributed by atoms with Gasteiger partial charge in [0.15, 0.2) is 0 Å². The zero-order valence-corrected chi connectivity index (χ0v) is 24.3. The number of para-hydroxylation sites is 1. The number of hydrogen-bond acceptors (Lipinski definition) is 5. The van der Waals surface area contributed by atoms with Gasteiger partial charge in [0.1, 0.15) is 17.5 Å². The number of morpholine rings is 1. The highest BCUT2D eigenvalue weighted by atomic mass is 16.5. The number of rotatable bonds is 11. The molecule has 1 atom stereocenters. The second-order valence-electron chi connectivity index (χ2n) is 12.0. The molecule has 1 aliphatic carbocycles. The number of ether oxygens (including phenoxy) is 2. The van der Waals surface area contributed by atoms with Crippen molar-refractivity contribution in [3.8, 4) is 5.75 Å². The third kappa shape index (κ3) is 6.50. The van der Waals surface area contributed by atoms with Crippen molar-refractivity contribution in [2.75, 3.05) is 39.8 Å². The summed E-state index contributed by atoms with van der Waals surface area (Å²) in [6.07, 6.45) is 5.51. The molecule has 0 radical (unpaired) electrons. The van der Waals surface area contributed by atoms with Crippen LogP contribution in [0.15, 0.2) is 84.9 Å². The highest BCUT2D eigenvalue weighted by Gasteiger charge is 2.61. The molecule has 3 aromatic carbocycles. The van der Waals surface area contributed by atoms with Gasteiger partial charge in [0.05, 0.1) is 12.1 Å². The Bertz CT molecular complexity index is 1290. The van der Waals surface area contributed by atoms with Crippen LogP contribution in [0.1, 0.15) is 54.9 Å². The second-order valence-corrected chi connectivity index (χ2v) is 12.0. The average molecular weight is 554 g/mol. The topological polar surface area (TPSA) is 54.0 Å². The first-order valence-electron chi connectivity index (χ1n) is 15.3. The molecular formula is C35H43N3O3. The minimum absolute atomic E-state index is 0.0133. The Morgan fingerprint density at radius 1 is 0.902 bits per heavy atom. The monoisotopic (exact) mass is 553 g/mol. The number of carbonyl (C=O) groups excluding carboxylic acids is 1. The number of nitrogens with zero attached hydrogens (tertiary/aromatic N) is 2. The van der Waals surface area contributed by atoms with E-state index in [1.165, 1.54) is 16.7 Å². The van der Waals surface area contributed by atoms with Crippen molar-refractivity contribution in [1.82, 2.24) is 15.1 Å². The number of hydrogen-bond donors (Lipinski definition) is 1. The van der Waals surface area contributed by atoms with E-state index < -0.39 is 5.60 Å². The van der Waals surface area contributed by atoms with Gasteiger partial charge >= 0.3 is 0 Å². The number of carbonyl (C=O) groups is 1. The minimum Gasteiger partial charge on any atom is -0.485 e. The summed E-state index contributed by atoms with van der Waals surface area (Å²) in [5.74, 6) is 1.17. The molecule has 0 bridgehead atoms. The molecule has 2 spiro atoms. The van der Waals surface area contributed by atoms with Crippen molar-refractivity contribution in [2.24, 2.45) is 0 Å². The summed E-state index contributed by atoms with van der Waals surface area (Å²) in [6, 6.07) is 29.4. The van der Waals surface area contributed by atoms with E-state index in [9.17, 15) is 4.79 Å². The van der Waals surface area contributed by atoms with Crippen LogP contribution in [0.2, 0.25) is 0 Å². The van der Waals surface area contributed by atoms with Gasteiger partial charge in [0.25, 0.3) is 5.91 Å². The van der Waals surface area contributed by atoms with E-state index in [1.54, 1.807) is 0 Å². The number of benzene rings is 3. The van der Waals surface area contributed by atoms with Crippen molar-refractivity contribution in [1.29, 1.82) is 0 Å². The minimum atomic E-state index is -0.561. The molecule has 41 heavy (non-hydrogen) atoms. The molecule has 216 valence electrons. The van der Waals surface area contributed by atoms with Crippen LogP contribution in [-0.2, 0) is 22.5 Å². The number of piperidine rings is 1. The lowest BCUT2D eigenvalue weighted by Crippen LogP contribution is -2.62. The third-order valence-corrected chi connectivity index (χ3v) is 9.02. The Kier molecular flexibility index (Phi) is 8.42. The molecule has 1 unspecified atom stereocenters. The Labute approximate surface area is 244 Å². The second kappa shape index (κ2) is 12.4. The van der Waals surface area contributed by atoms with Gasteiger partial charge in [0.2, 0.25) is 0 Å². The standard InChI is InChI=1S/C35H43N3O3/c1-36-22-16-32(29-12-6-3-7-13-29)40-31-15-9-8-14-30(31)17-23-37-24-20-34(21-25-37)27-38(26-28-10-4-2-5-11-28)33(39)35(41-34)18-19-35/h2-15,32,36H,16-27H2,1H3. The first-order valence-corrected chi connectivity index (χ1v) is 15.3. The van der Waals surface area contributed by atoms with Gasteiger partial charge in [-0.05, 0) is 68.5 Å². The molecular weight excluding hydrogens is 510 g/mol. The first-order chi connectivity index (χ1) is 20.1. The fraction of sp³-hybridized carbons (Fsp3) is 0.457. The maximum Gasteiger partial charge on any atom is 0.255 e. The van der Waals surface area contributed by atoms with Gasteiger partial charge in [-0.3, -0.25) is 4.79 Å². The lowest BCUT2D eigenvalue weighted by atomic mass is 9.87. The molecule has 1 N–H and O–H groups in total. The van der Waals surface area contributed by atoms with Crippen LogP contribution in [0.3, 0.4) is 0 Å². The van der Waals surface area contributed by atoms with E-state index in [0.29, 0.717) is 13.1 Å². The molecule has 3 fully saturated rings. The summed E-state index contributed by atoms with van der Waals surface area (Å²) in [7, 11) is 1.99. The van der Waals surface area contributed by atoms with Crippen molar-refractivity contribution < 1.29 is 14.3 Å². The summed E-state index contributed by atoms with van der Waals surface area (Å²) >= 11 is 0. The summed E-state index contributed by atoms with van der Waals surface area (Å²) in [5.41, 5.74) is 2.86. The van der Waals surface area contributed by atoms with Gasteiger partial charge in [0, 0.05) is 32.6 Å². The van der Waals surface area contributed by atoms with E-state index in [2.05, 4.69) is 94.0 Å². The lowest BCUT2D eigenvalue weighted by molar-refractivity contribution is -0.201. The molecule has 2 heterocycles. The van der Waals surface area contributed by atoms with Crippen molar-refractivity contribution in [2.45, 2.75) is 62.4 Å². The van der Waals surface area contributed by atoms with Crippen LogP contribution in [0.4, 0.5) is 0 Å². The van der Waals surface area contributed by atoms with Crippen LogP contribution in [0.5, 0.6) is 5.75 Å². The quantitative estimate of drug-likeness (QED) is 0.345. The Hall–Kier alpha value is -3.19. The molecule has 2 saturated heterocycles. The molecule has 6 rings (SSSR count). The maximum absolute atomic E-state index is 13.3. The Balaban J connectivity index is 1.07. The highest BCUT2D eigenvalue weighted by Crippen LogP contribution is 2.50. The summed E-state index contributed by atoms with van der Waals surface area (Å²) in [6.45, 7) is 5.23. The number of likely N-dealkylation sites (tertiary alicyclic amines) is 1. The summed E-state index contributed by atoms with van der Waals surface area (Å²) < 4.78 is 13.3. The highest BCUT2D eigenvalue weighted by molar-refractivity contribution is 5.89. The van der Waals surface area contributed by atoms with Crippen LogP contribution >= 0.6 is 0 Å². The Morgan fingerprint density at radius 3 is 2.29 bits per heavy atom. The molecule has 0 aromatic heterocycles. The van der Waals surface area contributed by atoms with E-state index >= 15 is 0 Å².